The maximum absolute atomic E-state index is 12.7. The van der Waals surface area contributed by atoms with E-state index >= 15 is 0 Å². The monoisotopic (exact) mass is 352 g/mol. The first-order chi connectivity index (χ1) is 11.0. The number of nitrogens with two attached hydrogens (primary N) is 1. The molecule has 0 saturated heterocycles. The van der Waals surface area contributed by atoms with Gasteiger partial charge in [0.1, 0.15) is 5.56 Å². The van der Waals surface area contributed by atoms with Gasteiger partial charge in [-0.05, 0) is 18.5 Å². The van der Waals surface area contributed by atoms with Crippen molar-refractivity contribution in [3.05, 3.63) is 68.5 Å². The lowest BCUT2D eigenvalue weighted by Gasteiger charge is -2.22. The van der Waals surface area contributed by atoms with Crippen LogP contribution in [0.2, 0.25) is 0 Å². The van der Waals surface area contributed by atoms with E-state index < -0.39 is 17.2 Å². The van der Waals surface area contributed by atoms with E-state index in [0.717, 1.165) is 10.1 Å². The largest absolute Gasteiger partial charge is 0.334 e. The van der Waals surface area contributed by atoms with E-state index in [1.807, 2.05) is 30.3 Å². The third-order valence-electron chi connectivity index (χ3n) is 3.55. The van der Waals surface area contributed by atoms with E-state index in [9.17, 15) is 14.4 Å². The van der Waals surface area contributed by atoms with Gasteiger partial charge >= 0.3 is 5.69 Å². The number of aromatic amines is 1. The number of hydrogen-bond donors (Lipinski definition) is 2. The number of rotatable bonds is 6. The van der Waals surface area contributed by atoms with Crippen molar-refractivity contribution < 1.29 is 4.79 Å². The van der Waals surface area contributed by atoms with Gasteiger partial charge in [0.25, 0.3) is 11.5 Å². The molecule has 0 bridgehead atoms. The molecular formula is C16H21ClN4O3. The molecule has 0 saturated carbocycles. The summed E-state index contributed by atoms with van der Waals surface area (Å²) < 4.78 is 0.886. The molecule has 0 aliphatic carbocycles. The fourth-order valence-corrected chi connectivity index (χ4v) is 2.23. The van der Waals surface area contributed by atoms with E-state index in [0.29, 0.717) is 26.1 Å². The predicted octanol–water partition coefficient (Wildman–Crippen LogP) is 0.487. The van der Waals surface area contributed by atoms with E-state index in [1.54, 1.807) is 4.90 Å². The van der Waals surface area contributed by atoms with Crippen LogP contribution in [0.3, 0.4) is 0 Å². The van der Waals surface area contributed by atoms with Crippen molar-refractivity contribution in [1.29, 1.82) is 0 Å². The zero-order chi connectivity index (χ0) is 16.8. The van der Waals surface area contributed by atoms with Crippen LogP contribution in [0.15, 0.2) is 46.1 Å². The highest BCUT2D eigenvalue weighted by Gasteiger charge is 2.20. The van der Waals surface area contributed by atoms with Gasteiger partial charge < -0.3 is 15.6 Å². The molecule has 7 nitrogen and oxygen atoms in total. The first-order valence-electron chi connectivity index (χ1n) is 7.36. The number of amides is 1. The van der Waals surface area contributed by atoms with Crippen molar-refractivity contribution in [3.63, 3.8) is 0 Å². The van der Waals surface area contributed by atoms with Crippen molar-refractivity contribution in [2.45, 2.75) is 13.0 Å². The number of H-pyrrole nitrogens is 1. The lowest BCUT2D eigenvalue weighted by atomic mass is 10.2. The third-order valence-corrected chi connectivity index (χ3v) is 3.55. The Balaban J connectivity index is 0.00000288. The molecule has 0 radical (unpaired) electrons. The molecule has 1 aromatic carbocycles. The molecule has 0 atom stereocenters. The predicted molar refractivity (Wildman–Crippen MR) is 94.4 cm³/mol. The van der Waals surface area contributed by atoms with Crippen LogP contribution in [-0.2, 0) is 13.6 Å². The van der Waals surface area contributed by atoms with E-state index in [-0.39, 0.29) is 18.0 Å². The summed E-state index contributed by atoms with van der Waals surface area (Å²) in [4.78, 5) is 40.2. The van der Waals surface area contributed by atoms with Crippen LogP contribution >= 0.6 is 12.4 Å². The van der Waals surface area contributed by atoms with Crippen molar-refractivity contribution >= 4 is 18.3 Å². The average Bonchev–Trinajstić information content (AvgIpc) is 2.57. The van der Waals surface area contributed by atoms with Gasteiger partial charge in [0.15, 0.2) is 0 Å². The quantitative estimate of drug-likeness (QED) is 0.789. The van der Waals surface area contributed by atoms with Gasteiger partial charge in [0.05, 0.1) is 0 Å². The molecule has 0 fully saturated rings. The summed E-state index contributed by atoms with van der Waals surface area (Å²) in [6.45, 7) is 1.26. The van der Waals surface area contributed by atoms with Crippen molar-refractivity contribution in [1.82, 2.24) is 14.5 Å². The van der Waals surface area contributed by atoms with Crippen LogP contribution in [0.1, 0.15) is 22.3 Å². The highest BCUT2D eigenvalue weighted by Crippen LogP contribution is 2.08. The SMILES string of the molecule is Cl.Cn1c(=O)[nH]cc(C(=O)N(CCCN)Cc2ccccc2)c1=O. The second-order valence-corrected chi connectivity index (χ2v) is 5.23. The molecule has 2 rings (SSSR count). The number of halogens is 1. The lowest BCUT2D eigenvalue weighted by molar-refractivity contribution is 0.0739. The molecule has 2 aromatic rings. The van der Waals surface area contributed by atoms with Crippen LogP contribution in [-0.4, -0.2) is 33.4 Å². The van der Waals surface area contributed by atoms with Crippen LogP contribution < -0.4 is 17.0 Å². The topological polar surface area (TPSA) is 101 Å². The molecule has 0 unspecified atom stereocenters. The van der Waals surface area contributed by atoms with Gasteiger partial charge in [-0.3, -0.25) is 14.2 Å². The number of benzene rings is 1. The second-order valence-electron chi connectivity index (χ2n) is 5.23. The summed E-state index contributed by atoms with van der Waals surface area (Å²) in [6.07, 6.45) is 1.80. The maximum Gasteiger partial charge on any atom is 0.328 e. The Labute approximate surface area is 145 Å². The minimum absolute atomic E-state index is 0. The number of nitrogens with one attached hydrogen (secondary N) is 1. The van der Waals surface area contributed by atoms with Crippen molar-refractivity contribution in [3.8, 4) is 0 Å². The van der Waals surface area contributed by atoms with Gasteiger partial charge in [0.2, 0.25) is 0 Å². The van der Waals surface area contributed by atoms with Gasteiger partial charge in [-0.2, -0.15) is 0 Å². The van der Waals surface area contributed by atoms with E-state index in [2.05, 4.69) is 4.98 Å². The second kappa shape index (κ2) is 9.05. The molecule has 3 N–H and O–H groups in total. The number of nitrogens with zero attached hydrogens (tertiary/aromatic N) is 2. The maximum atomic E-state index is 12.7. The molecule has 24 heavy (non-hydrogen) atoms. The number of aromatic nitrogens is 2. The Hall–Kier alpha value is -2.38. The molecule has 1 aromatic heterocycles. The molecule has 0 spiro atoms. The average molecular weight is 353 g/mol. The Morgan fingerprint density at radius 2 is 1.92 bits per heavy atom. The Morgan fingerprint density at radius 1 is 1.25 bits per heavy atom. The van der Waals surface area contributed by atoms with Crippen LogP contribution in [0, 0.1) is 0 Å². The summed E-state index contributed by atoms with van der Waals surface area (Å²) in [5.41, 5.74) is 5.27. The molecule has 0 aliphatic heterocycles. The molecule has 8 heteroatoms. The van der Waals surface area contributed by atoms with E-state index in [1.165, 1.54) is 13.2 Å². The summed E-state index contributed by atoms with van der Waals surface area (Å²) in [5, 5.41) is 0. The standard InChI is InChI=1S/C16H20N4O3.ClH/c1-19-14(21)13(10-18-16(19)23)15(22)20(9-5-8-17)11-12-6-3-2-4-7-12;/h2-4,6-7,10H,5,8-9,11,17H2,1H3,(H,18,23);1H. The first-order valence-corrected chi connectivity index (χ1v) is 7.36. The van der Waals surface area contributed by atoms with Crippen LogP contribution in [0.5, 0.6) is 0 Å². The van der Waals surface area contributed by atoms with Crippen molar-refractivity contribution in [2.24, 2.45) is 12.8 Å². The fraction of sp³-hybridized carbons (Fsp3) is 0.312. The Morgan fingerprint density at radius 3 is 2.54 bits per heavy atom. The Bertz CT molecular complexity index is 786. The highest BCUT2D eigenvalue weighted by molar-refractivity contribution is 5.93. The van der Waals surface area contributed by atoms with Crippen molar-refractivity contribution in [2.75, 3.05) is 13.1 Å². The minimum Gasteiger partial charge on any atom is -0.334 e. The molecule has 130 valence electrons. The smallest absolute Gasteiger partial charge is 0.328 e. The summed E-state index contributed by atoms with van der Waals surface area (Å²) >= 11 is 0. The highest BCUT2D eigenvalue weighted by atomic mass is 35.5. The lowest BCUT2D eigenvalue weighted by Crippen LogP contribution is -2.41. The van der Waals surface area contributed by atoms with Gasteiger partial charge in [-0.1, -0.05) is 30.3 Å². The first kappa shape index (κ1) is 19.7. The number of carbonyl (C=O) groups is 1. The number of carbonyl (C=O) groups excluding carboxylic acids is 1. The van der Waals surface area contributed by atoms with Crippen LogP contribution in [0.4, 0.5) is 0 Å². The summed E-state index contributed by atoms with van der Waals surface area (Å²) in [6, 6.07) is 9.49. The van der Waals surface area contributed by atoms with E-state index in [4.69, 9.17) is 5.73 Å². The zero-order valence-electron chi connectivity index (χ0n) is 13.4. The normalized spacial score (nSPS) is 10.1. The molecular weight excluding hydrogens is 332 g/mol. The fourth-order valence-electron chi connectivity index (χ4n) is 2.23. The van der Waals surface area contributed by atoms with Gasteiger partial charge in [0, 0.05) is 26.3 Å². The molecule has 1 amide bonds. The van der Waals surface area contributed by atoms with Gasteiger partial charge in [-0.25, -0.2) is 4.79 Å². The summed E-state index contributed by atoms with van der Waals surface area (Å²) in [5.74, 6) is -0.417. The number of hydrogen-bond acceptors (Lipinski definition) is 4. The molecule has 0 aliphatic rings. The summed E-state index contributed by atoms with van der Waals surface area (Å²) in [7, 11) is 1.33. The molecule has 1 heterocycles. The zero-order valence-corrected chi connectivity index (χ0v) is 14.2. The Kier molecular flexibility index (Phi) is 7.41. The van der Waals surface area contributed by atoms with Crippen LogP contribution in [0.25, 0.3) is 0 Å². The third kappa shape index (κ3) is 4.56. The van der Waals surface area contributed by atoms with Gasteiger partial charge in [-0.15, -0.1) is 12.4 Å². The minimum atomic E-state index is -0.607.